The summed E-state index contributed by atoms with van der Waals surface area (Å²) in [4.78, 5) is 0. The topological polar surface area (TPSA) is 23.1 Å². The molecule has 0 atom stereocenters. The average Bonchev–Trinajstić information content (AvgIpc) is 3.55. The molecule has 0 aliphatic heterocycles. The predicted molar refractivity (Wildman–Crippen MR) is 226 cm³/mol. The molecule has 0 fully saturated rings. The van der Waals surface area contributed by atoms with Crippen LogP contribution in [0, 0.1) is 13.8 Å². The van der Waals surface area contributed by atoms with Gasteiger partial charge in [-0.05, 0) is 40.1 Å². The third-order valence-corrected chi connectivity index (χ3v) is 9.27. The molecule has 4 heteroatoms. The average molecular weight is 817 g/mol. The first-order chi connectivity index (χ1) is 23.3. The number of benzene rings is 3. The number of hydrogen-bond acceptors (Lipinski definition) is 1. The third kappa shape index (κ3) is 14.0. The molecule has 1 nitrogen and oxygen atoms in total. The maximum absolute atomic E-state index is 11.7. The second kappa shape index (κ2) is 20.1. The Bertz CT molecular complexity index is 1790. The van der Waals surface area contributed by atoms with Crippen LogP contribution in [0.25, 0.3) is 21.5 Å². The first-order valence-electron chi connectivity index (χ1n) is 19.1. The Hall–Kier alpha value is -1.93. The Labute approximate surface area is 340 Å². The van der Waals surface area contributed by atoms with Gasteiger partial charge in [0, 0.05) is 0 Å². The molecule has 284 valence electrons. The summed E-state index contributed by atoms with van der Waals surface area (Å²) in [7, 11) is 0. The van der Waals surface area contributed by atoms with Crippen LogP contribution in [0.3, 0.4) is 0 Å². The smallest absolute Gasteiger partial charge is 0.0306 e. The Morgan fingerprint density at radius 3 is 1.23 bits per heavy atom. The summed E-state index contributed by atoms with van der Waals surface area (Å²) < 4.78 is 0. The molecule has 0 saturated heterocycles. The molecule has 0 aromatic heterocycles. The van der Waals surface area contributed by atoms with Gasteiger partial charge in [-0.1, -0.05) is 169 Å². The molecule has 0 spiro atoms. The van der Waals surface area contributed by atoms with Gasteiger partial charge in [-0.15, -0.1) is 62.7 Å². The first-order valence-corrected chi connectivity index (χ1v) is 25.3. The monoisotopic (exact) mass is 814 g/mol. The molecule has 0 saturated carbocycles. The second-order valence-corrected chi connectivity index (χ2v) is 27.5. The normalized spacial score (nSPS) is 11.6. The van der Waals surface area contributed by atoms with Gasteiger partial charge in [-0.25, -0.2) is 0 Å². The molecule has 0 aliphatic rings. The van der Waals surface area contributed by atoms with Crippen molar-refractivity contribution in [2.45, 2.75) is 158 Å². The molecular weight excluding hydrogens is 747 g/mol. The molecule has 52 heavy (non-hydrogen) atoms. The van der Waals surface area contributed by atoms with E-state index in [0.717, 1.165) is 5.56 Å². The van der Waals surface area contributed by atoms with Gasteiger partial charge in [0.25, 0.3) is 0 Å². The van der Waals surface area contributed by atoms with Crippen LogP contribution in [-0.2, 0) is 34.2 Å². The van der Waals surface area contributed by atoms with Crippen molar-refractivity contribution in [1.82, 2.24) is 0 Å². The fourth-order valence-electron chi connectivity index (χ4n) is 6.25. The van der Waals surface area contributed by atoms with Gasteiger partial charge < -0.3 is 17.5 Å². The number of halogens is 1. The SMILES string of the molecule is CC(C)(C)c1ccc([O-])c(C(C)(C)C)c1.C[Si](C)=[Zr+2].Cc1cc2c(C(C)C)cc(C(C)C)cc2[cH-]1.Cc1cc2c(C(C)C)cc(C(C)C)cc2[cH-]1.[Cl-]. The van der Waals surface area contributed by atoms with Crippen LogP contribution in [0.5, 0.6) is 5.75 Å². The van der Waals surface area contributed by atoms with Gasteiger partial charge in [0.2, 0.25) is 0 Å². The van der Waals surface area contributed by atoms with E-state index in [4.69, 9.17) is 0 Å². The number of hydrogen-bond donors (Lipinski definition) is 0. The zero-order chi connectivity index (χ0) is 39.2. The fraction of sp³-hybridized carbons (Fsp3) is 0.500. The van der Waals surface area contributed by atoms with E-state index in [1.807, 2.05) is 6.07 Å². The molecule has 5 aromatic carbocycles. The van der Waals surface area contributed by atoms with E-state index < -0.39 is 0 Å². The van der Waals surface area contributed by atoms with Crippen LogP contribution >= 0.6 is 0 Å². The van der Waals surface area contributed by atoms with E-state index in [9.17, 15) is 5.11 Å². The Morgan fingerprint density at radius 1 is 0.577 bits per heavy atom. The quantitative estimate of drug-likeness (QED) is 0.131. The van der Waals surface area contributed by atoms with E-state index in [0.29, 0.717) is 23.7 Å². The van der Waals surface area contributed by atoms with Crippen LogP contribution in [0.4, 0.5) is 0 Å². The molecular formula is C48H69ClOSiZr-2. The molecule has 5 rings (SSSR count). The molecule has 0 N–H and O–H groups in total. The van der Waals surface area contributed by atoms with Crippen molar-refractivity contribution in [2.75, 3.05) is 0 Å². The van der Waals surface area contributed by atoms with E-state index >= 15 is 0 Å². The molecule has 0 radical (unpaired) electrons. The maximum atomic E-state index is 11.7. The Balaban J connectivity index is 0.000000367. The largest absolute Gasteiger partial charge is 1.00 e. The molecule has 0 amide bonds. The summed E-state index contributed by atoms with van der Waals surface area (Å²) in [6.45, 7) is 39.9. The zero-order valence-electron chi connectivity index (χ0n) is 35.9. The van der Waals surface area contributed by atoms with Crippen molar-refractivity contribution in [3.63, 3.8) is 0 Å². The van der Waals surface area contributed by atoms with Crippen molar-refractivity contribution in [3.8, 4) is 5.75 Å². The van der Waals surface area contributed by atoms with Crippen molar-refractivity contribution in [1.29, 1.82) is 0 Å². The molecule has 0 aliphatic carbocycles. The fourth-order valence-corrected chi connectivity index (χ4v) is 6.25. The van der Waals surface area contributed by atoms with Gasteiger partial charge in [-0.3, -0.25) is 0 Å². The Morgan fingerprint density at radius 2 is 0.942 bits per heavy atom. The summed E-state index contributed by atoms with van der Waals surface area (Å²) in [5.74, 6) is 2.57. The van der Waals surface area contributed by atoms with Crippen LogP contribution in [0.15, 0.2) is 66.7 Å². The van der Waals surface area contributed by atoms with Crippen molar-refractivity contribution in [3.05, 3.63) is 111 Å². The minimum Gasteiger partial charge on any atom is -1.00 e. The number of fused-ring (bicyclic) bond motifs is 2. The standard InChI is InChI=1S/2C16H21.C14H22O.C2H6Si.ClH.Zr/c2*1-10(2)13-8-14-6-12(5)7-16(14)15(9-13)11(3)4;1-13(2,3)10-7-8-12(15)11(9-10)14(4,5)6;1-3-2;;/h2*6-11H,1-5H3;7-9,15H,1-6H3;1-2H3;1H;/q2*-1;;;;+2/p-2. The summed E-state index contributed by atoms with van der Waals surface area (Å²) in [6.07, 6.45) is 0. The van der Waals surface area contributed by atoms with Crippen LogP contribution in [-0.4, -0.2) is 5.43 Å². The third-order valence-electron chi connectivity index (χ3n) is 9.27. The van der Waals surface area contributed by atoms with Crippen LogP contribution < -0.4 is 17.5 Å². The predicted octanol–water partition coefficient (Wildman–Crippen LogP) is 11.4. The van der Waals surface area contributed by atoms with Crippen molar-refractivity contribution in [2.24, 2.45) is 0 Å². The summed E-state index contributed by atoms with van der Waals surface area (Å²) in [5, 5.41) is 17.4. The molecule has 0 unspecified atom stereocenters. The maximum Gasteiger partial charge on any atom is -0.0306 e. The molecule has 0 bridgehead atoms. The van der Waals surface area contributed by atoms with Gasteiger partial charge in [0.15, 0.2) is 0 Å². The minimum absolute atomic E-state index is 0. The van der Waals surface area contributed by atoms with Gasteiger partial charge in [0.1, 0.15) is 0 Å². The van der Waals surface area contributed by atoms with E-state index in [1.54, 1.807) is 29.4 Å². The van der Waals surface area contributed by atoms with Gasteiger partial charge >= 0.3 is 41.9 Å². The first kappa shape index (κ1) is 48.1. The van der Waals surface area contributed by atoms with Gasteiger partial charge in [0.05, 0.1) is 0 Å². The van der Waals surface area contributed by atoms with E-state index in [-0.39, 0.29) is 34.4 Å². The second-order valence-electron chi connectivity index (χ2n) is 18.1. The minimum atomic E-state index is -0.0711. The summed E-state index contributed by atoms with van der Waals surface area (Å²) in [6, 6.07) is 24.4. The molecule has 5 aromatic rings. The van der Waals surface area contributed by atoms with Crippen LogP contribution in [0.2, 0.25) is 13.1 Å². The summed E-state index contributed by atoms with van der Waals surface area (Å²) >= 11 is 1.74. The number of rotatable bonds is 4. The van der Waals surface area contributed by atoms with E-state index in [1.165, 1.54) is 60.5 Å². The molecule has 0 heterocycles. The van der Waals surface area contributed by atoms with Gasteiger partial charge in [-0.2, -0.15) is 12.1 Å². The van der Waals surface area contributed by atoms with E-state index in [2.05, 4.69) is 178 Å². The summed E-state index contributed by atoms with van der Waals surface area (Å²) in [5.41, 5.74) is 11.0. The van der Waals surface area contributed by atoms with Crippen molar-refractivity contribution < 1.29 is 40.8 Å². The van der Waals surface area contributed by atoms with Crippen LogP contribution in [0.1, 0.15) is 165 Å². The van der Waals surface area contributed by atoms with Crippen molar-refractivity contribution >= 4 is 27.0 Å². The number of aryl methyl sites for hydroxylation is 2. The zero-order valence-corrected chi connectivity index (χ0v) is 40.2. The Kier molecular flexibility index (Phi) is 18.6.